The van der Waals surface area contributed by atoms with Crippen LogP contribution in [0.1, 0.15) is 5.56 Å². The Morgan fingerprint density at radius 3 is 2.43 bits per heavy atom. The SMILES string of the molecule is Cc1ccc2c(c1)ncc1c(-c3ccccc3)nn(-c3ccc(Cl)c(Cl)c3)c12. The van der Waals surface area contributed by atoms with Gasteiger partial charge in [0.2, 0.25) is 0 Å². The van der Waals surface area contributed by atoms with Crippen LogP contribution in [0.15, 0.2) is 72.9 Å². The lowest BCUT2D eigenvalue weighted by molar-refractivity contribution is 0.918. The van der Waals surface area contributed by atoms with E-state index in [1.54, 1.807) is 6.07 Å². The van der Waals surface area contributed by atoms with Crippen molar-refractivity contribution in [2.24, 2.45) is 0 Å². The number of hydrogen-bond acceptors (Lipinski definition) is 2. The molecule has 3 aromatic carbocycles. The molecule has 0 aliphatic heterocycles. The Bertz CT molecular complexity index is 1340. The molecule has 0 spiro atoms. The lowest BCUT2D eigenvalue weighted by Gasteiger charge is -2.07. The second-order valence-electron chi connectivity index (χ2n) is 6.77. The molecule has 0 saturated carbocycles. The summed E-state index contributed by atoms with van der Waals surface area (Å²) in [6.07, 6.45) is 1.90. The van der Waals surface area contributed by atoms with E-state index >= 15 is 0 Å². The molecule has 0 N–H and O–H groups in total. The Morgan fingerprint density at radius 1 is 0.821 bits per heavy atom. The predicted molar refractivity (Wildman–Crippen MR) is 117 cm³/mol. The van der Waals surface area contributed by atoms with Crippen LogP contribution in [0.25, 0.3) is 38.8 Å². The van der Waals surface area contributed by atoms with Gasteiger partial charge in [-0.15, -0.1) is 0 Å². The van der Waals surface area contributed by atoms with E-state index in [4.69, 9.17) is 33.3 Å². The zero-order chi connectivity index (χ0) is 19.3. The van der Waals surface area contributed by atoms with E-state index in [1.165, 1.54) is 5.56 Å². The van der Waals surface area contributed by atoms with Gasteiger partial charge in [-0.1, -0.05) is 65.7 Å². The van der Waals surface area contributed by atoms with Crippen molar-refractivity contribution in [2.75, 3.05) is 0 Å². The molecular formula is C23H15Cl2N3. The van der Waals surface area contributed by atoms with Crippen molar-refractivity contribution in [2.45, 2.75) is 6.92 Å². The van der Waals surface area contributed by atoms with Crippen molar-refractivity contribution < 1.29 is 0 Å². The van der Waals surface area contributed by atoms with Crippen molar-refractivity contribution in [1.29, 1.82) is 0 Å². The van der Waals surface area contributed by atoms with E-state index in [2.05, 4.69) is 37.3 Å². The van der Waals surface area contributed by atoms with Gasteiger partial charge in [-0.25, -0.2) is 4.68 Å². The molecule has 28 heavy (non-hydrogen) atoms. The molecule has 0 radical (unpaired) electrons. The third kappa shape index (κ3) is 2.75. The quantitative estimate of drug-likeness (QED) is 0.322. The van der Waals surface area contributed by atoms with Crippen LogP contribution in [-0.2, 0) is 0 Å². The first-order chi connectivity index (χ1) is 13.6. The minimum Gasteiger partial charge on any atom is -0.255 e. The Hall–Kier alpha value is -2.88. The predicted octanol–water partition coefficient (Wildman–Crippen LogP) is 6.86. The van der Waals surface area contributed by atoms with Gasteiger partial charge < -0.3 is 0 Å². The summed E-state index contributed by atoms with van der Waals surface area (Å²) in [5.41, 5.74) is 5.89. The number of rotatable bonds is 2. The Balaban J connectivity index is 1.91. The summed E-state index contributed by atoms with van der Waals surface area (Å²) in [4.78, 5) is 4.69. The summed E-state index contributed by atoms with van der Waals surface area (Å²) >= 11 is 12.4. The molecule has 0 aliphatic rings. The number of aryl methyl sites for hydroxylation is 1. The molecule has 5 heteroatoms. The average molecular weight is 404 g/mol. The molecule has 0 aliphatic carbocycles. The van der Waals surface area contributed by atoms with E-state index in [0.29, 0.717) is 10.0 Å². The van der Waals surface area contributed by atoms with Crippen LogP contribution in [0.3, 0.4) is 0 Å². The van der Waals surface area contributed by atoms with E-state index in [9.17, 15) is 0 Å². The fourth-order valence-electron chi connectivity index (χ4n) is 3.51. The average Bonchev–Trinajstić information content (AvgIpc) is 3.10. The van der Waals surface area contributed by atoms with Crippen molar-refractivity contribution in [1.82, 2.24) is 14.8 Å². The first-order valence-electron chi connectivity index (χ1n) is 8.91. The number of halogens is 2. The maximum Gasteiger partial charge on any atom is 0.102 e. The zero-order valence-corrected chi connectivity index (χ0v) is 16.5. The molecule has 0 fully saturated rings. The topological polar surface area (TPSA) is 30.7 Å². The normalized spacial score (nSPS) is 11.4. The molecule has 2 heterocycles. The summed E-state index contributed by atoms with van der Waals surface area (Å²) in [5.74, 6) is 0. The molecular weight excluding hydrogens is 389 g/mol. The number of benzene rings is 3. The van der Waals surface area contributed by atoms with Gasteiger partial charge in [-0.05, 0) is 36.8 Å². The van der Waals surface area contributed by atoms with E-state index in [0.717, 1.165) is 38.8 Å². The second kappa shape index (κ2) is 6.62. The van der Waals surface area contributed by atoms with Crippen LogP contribution in [0.4, 0.5) is 0 Å². The van der Waals surface area contributed by atoms with E-state index in [-0.39, 0.29) is 0 Å². The van der Waals surface area contributed by atoms with Crippen LogP contribution in [-0.4, -0.2) is 14.8 Å². The molecule has 3 nitrogen and oxygen atoms in total. The highest BCUT2D eigenvalue weighted by molar-refractivity contribution is 6.42. The van der Waals surface area contributed by atoms with Gasteiger partial charge >= 0.3 is 0 Å². The molecule has 0 atom stereocenters. The molecule has 0 amide bonds. The first-order valence-corrected chi connectivity index (χ1v) is 9.66. The van der Waals surface area contributed by atoms with Crippen molar-refractivity contribution in [3.05, 3.63) is 88.5 Å². The number of fused-ring (bicyclic) bond motifs is 3. The Morgan fingerprint density at radius 2 is 1.64 bits per heavy atom. The standard InChI is InChI=1S/C23H15Cl2N3/c1-14-7-9-17-21(11-14)26-13-18-22(15-5-3-2-4-6-15)27-28(23(17)18)16-8-10-19(24)20(25)12-16/h2-13H,1H3. The van der Waals surface area contributed by atoms with Crippen molar-refractivity contribution in [3.63, 3.8) is 0 Å². The molecule has 0 bridgehead atoms. The molecule has 0 unspecified atom stereocenters. The maximum absolute atomic E-state index is 6.29. The summed E-state index contributed by atoms with van der Waals surface area (Å²) in [5, 5.41) is 8.01. The van der Waals surface area contributed by atoms with Crippen LogP contribution in [0.5, 0.6) is 0 Å². The Labute approximate surface area is 172 Å². The fraction of sp³-hybridized carbons (Fsp3) is 0.0435. The van der Waals surface area contributed by atoms with Gasteiger partial charge in [0.25, 0.3) is 0 Å². The van der Waals surface area contributed by atoms with Gasteiger partial charge in [0.15, 0.2) is 0 Å². The number of hydrogen-bond donors (Lipinski definition) is 0. The number of pyridine rings is 1. The van der Waals surface area contributed by atoms with Crippen LogP contribution in [0, 0.1) is 6.92 Å². The van der Waals surface area contributed by atoms with Gasteiger partial charge in [-0.2, -0.15) is 5.10 Å². The lowest BCUT2D eigenvalue weighted by Crippen LogP contribution is -1.97. The van der Waals surface area contributed by atoms with Gasteiger partial charge in [-0.3, -0.25) is 4.98 Å². The van der Waals surface area contributed by atoms with Gasteiger partial charge in [0.1, 0.15) is 5.69 Å². The molecule has 5 rings (SSSR count). The summed E-state index contributed by atoms with van der Waals surface area (Å²) < 4.78 is 1.93. The van der Waals surface area contributed by atoms with Crippen molar-refractivity contribution >= 4 is 45.0 Å². The summed E-state index contributed by atoms with van der Waals surface area (Å²) in [6.45, 7) is 2.07. The Kier molecular flexibility index (Phi) is 4.08. The lowest BCUT2D eigenvalue weighted by atomic mass is 10.1. The summed E-state index contributed by atoms with van der Waals surface area (Å²) in [6, 6.07) is 22.0. The van der Waals surface area contributed by atoms with E-state index in [1.807, 2.05) is 41.2 Å². The fourth-order valence-corrected chi connectivity index (χ4v) is 3.80. The minimum atomic E-state index is 0.498. The van der Waals surface area contributed by atoms with Gasteiger partial charge in [0.05, 0.1) is 26.8 Å². The first kappa shape index (κ1) is 17.2. The summed E-state index contributed by atoms with van der Waals surface area (Å²) in [7, 11) is 0. The molecule has 136 valence electrons. The number of nitrogens with zero attached hydrogens (tertiary/aromatic N) is 3. The third-order valence-corrected chi connectivity index (χ3v) is 5.60. The molecule has 5 aromatic rings. The van der Waals surface area contributed by atoms with Crippen LogP contribution < -0.4 is 0 Å². The number of aromatic nitrogens is 3. The van der Waals surface area contributed by atoms with Crippen molar-refractivity contribution in [3.8, 4) is 16.9 Å². The maximum atomic E-state index is 6.29. The second-order valence-corrected chi connectivity index (χ2v) is 7.58. The largest absolute Gasteiger partial charge is 0.255 e. The van der Waals surface area contributed by atoms with Gasteiger partial charge in [0, 0.05) is 22.5 Å². The minimum absolute atomic E-state index is 0.498. The zero-order valence-electron chi connectivity index (χ0n) is 15.0. The van der Waals surface area contributed by atoms with Crippen LogP contribution in [0.2, 0.25) is 10.0 Å². The smallest absolute Gasteiger partial charge is 0.102 e. The third-order valence-electron chi connectivity index (χ3n) is 4.86. The highest BCUT2D eigenvalue weighted by Crippen LogP contribution is 2.35. The highest BCUT2D eigenvalue weighted by atomic mass is 35.5. The van der Waals surface area contributed by atoms with Crippen LogP contribution >= 0.6 is 23.2 Å². The molecule has 2 aromatic heterocycles. The highest BCUT2D eigenvalue weighted by Gasteiger charge is 2.17. The monoisotopic (exact) mass is 403 g/mol. The molecule has 0 saturated heterocycles. The van der Waals surface area contributed by atoms with E-state index < -0.39 is 0 Å².